The molecule has 4 heteroatoms. The van der Waals surface area contributed by atoms with Gasteiger partial charge in [0.2, 0.25) is 0 Å². The summed E-state index contributed by atoms with van der Waals surface area (Å²) in [5, 5.41) is 9.61. The normalized spacial score (nSPS) is 22.4. The molecular weight excluding hydrogens is 266 g/mol. The van der Waals surface area contributed by atoms with Crippen LogP contribution in [0.3, 0.4) is 0 Å². The molecule has 1 heterocycles. The summed E-state index contributed by atoms with van der Waals surface area (Å²) in [7, 11) is 0. The largest absolute Gasteiger partial charge is 0.444 e. The maximum atomic E-state index is 12.2. The third kappa shape index (κ3) is 3.97. The topological polar surface area (TPSA) is 49.8 Å². The molecule has 1 fully saturated rings. The van der Waals surface area contributed by atoms with Crippen LogP contribution in [0, 0.1) is 12.8 Å². The van der Waals surface area contributed by atoms with E-state index in [9.17, 15) is 9.90 Å². The van der Waals surface area contributed by atoms with Gasteiger partial charge in [0, 0.05) is 31.5 Å². The van der Waals surface area contributed by atoms with Crippen molar-refractivity contribution in [3.63, 3.8) is 0 Å². The molecule has 1 aliphatic heterocycles. The highest BCUT2D eigenvalue weighted by molar-refractivity contribution is 5.68. The fourth-order valence-corrected chi connectivity index (χ4v) is 2.72. The standard InChI is InChI=1S/C17H25NO3/c1-12-5-7-13(8-6-12)15-10-18(9-14(15)11-19)16(20)21-17(2,3)4/h5-8,14-15,19H,9-11H2,1-4H3/t14-,15-/m1/s1. The monoisotopic (exact) mass is 291 g/mol. The SMILES string of the molecule is Cc1ccc([C@H]2CN(C(=O)OC(C)(C)C)C[C@@H]2CO)cc1. The zero-order chi connectivity index (χ0) is 15.6. The molecule has 0 aromatic heterocycles. The number of hydrogen-bond donors (Lipinski definition) is 1. The van der Waals surface area contributed by atoms with E-state index in [0.717, 1.165) is 0 Å². The first-order valence-electron chi connectivity index (χ1n) is 7.45. The van der Waals surface area contributed by atoms with Crippen LogP contribution in [0.25, 0.3) is 0 Å². The van der Waals surface area contributed by atoms with Crippen LogP contribution in [-0.4, -0.2) is 41.4 Å². The summed E-state index contributed by atoms with van der Waals surface area (Å²) in [5.74, 6) is 0.239. The molecule has 1 aromatic carbocycles. The Morgan fingerprint density at radius 2 is 1.90 bits per heavy atom. The summed E-state index contributed by atoms with van der Waals surface area (Å²) >= 11 is 0. The number of aliphatic hydroxyl groups excluding tert-OH is 1. The lowest BCUT2D eigenvalue weighted by atomic mass is 9.89. The number of carbonyl (C=O) groups excluding carboxylic acids is 1. The summed E-state index contributed by atoms with van der Waals surface area (Å²) < 4.78 is 5.42. The van der Waals surface area contributed by atoms with Crippen LogP contribution in [0.5, 0.6) is 0 Å². The van der Waals surface area contributed by atoms with Crippen molar-refractivity contribution in [2.24, 2.45) is 5.92 Å². The van der Waals surface area contributed by atoms with Gasteiger partial charge in [-0.2, -0.15) is 0 Å². The average molecular weight is 291 g/mol. The zero-order valence-corrected chi connectivity index (χ0v) is 13.3. The Kier molecular flexibility index (Phi) is 4.57. The van der Waals surface area contributed by atoms with Crippen molar-refractivity contribution in [1.82, 2.24) is 4.90 Å². The molecule has 1 saturated heterocycles. The number of ether oxygens (including phenoxy) is 1. The molecule has 0 unspecified atom stereocenters. The number of carbonyl (C=O) groups is 1. The molecule has 0 spiro atoms. The van der Waals surface area contributed by atoms with E-state index >= 15 is 0 Å². The zero-order valence-electron chi connectivity index (χ0n) is 13.3. The second-order valence-electron chi connectivity index (χ2n) is 6.85. The number of benzene rings is 1. The van der Waals surface area contributed by atoms with E-state index in [-0.39, 0.29) is 24.5 Å². The third-order valence-electron chi connectivity index (χ3n) is 3.83. The van der Waals surface area contributed by atoms with Gasteiger partial charge in [0.25, 0.3) is 0 Å². The summed E-state index contributed by atoms with van der Waals surface area (Å²) in [6.45, 7) is 8.87. The van der Waals surface area contributed by atoms with E-state index in [1.807, 2.05) is 20.8 Å². The molecule has 1 aliphatic rings. The minimum absolute atomic E-state index is 0.0697. The van der Waals surface area contributed by atoms with Crippen molar-refractivity contribution in [2.45, 2.75) is 39.2 Å². The number of aliphatic hydroxyl groups is 1. The number of aryl methyl sites for hydroxylation is 1. The predicted octanol–water partition coefficient (Wildman–Crippen LogP) is 2.94. The number of amides is 1. The molecule has 0 aliphatic carbocycles. The van der Waals surface area contributed by atoms with Crippen LogP contribution in [0.4, 0.5) is 4.79 Å². The summed E-state index contributed by atoms with van der Waals surface area (Å²) in [6, 6.07) is 8.31. The van der Waals surface area contributed by atoms with Crippen LogP contribution < -0.4 is 0 Å². The second kappa shape index (κ2) is 6.06. The summed E-state index contributed by atoms with van der Waals surface area (Å²) in [4.78, 5) is 13.9. The maximum absolute atomic E-state index is 12.2. The molecule has 2 rings (SSSR count). The van der Waals surface area contributed by atoms with E-state index in [1.54, 1.807) is 4.90 Å². The van der Waals surface area contributed by atoms with Gasteiger partial charge in [-0.25, -0.2) is 4.79 Å². The van der Waals surface area contributed by atoms with E-state index in [2.05, 4.69) is 31.2 Å². The molecule has 21 heavy (non-hydrogen) atoms. The lowest BCUT2D eigenvalue weighted by Crippen LogP contribution is -2.35. The van der Waals surface area contributed by atoms with Crippen LogP contribution in [-0.2, 0) is 4.74 Å². The van der Waals surface area contributed by atoms with Crippen LogP contribution in [0.2, 0.25) is 0 Å². The Morgan fingerprint density at radius 3 is 2.43 bits per heavy atom. The molecular formula is C17H25NO3. The lowest BCUT2D eigenvalue weighted by molar-refractivity contribution is 0.0283. The van der Waals surface area contributed by atoms with Gasteiger partial charge >= 0.3 is 6.09 Å². The van der Waals surface area contributed by atoms with Crippen molar-refractivity contribution in [1.29, 1.82) is 0 Å². The quantitative estimate of drug-likeness (QED) is 0.911. The van der Waals surface area contributed by atoms with Crippen LogP contribution in [0.15, 0.2) is 24.3 Å². The van der Waals surface area contributed by atoms with Gasteiger partial charge in [-0.15, -0.1) is 0 Å². The molecule has 1 aromatic rings. The number of hydrogen-bond acceptors (Lipinski definition) is 3. The minimum Gasteiger partial charge on any atom is -0.444 e. The Bertz CT molecular complexity index is 490. The van der Waals surface area contributed by atoms with Gasteiger partial charge in [0.1, 0.15) is 5.60 Å². The molecule has 116 valence electrons. The van der Waals surface area contributed by atoms with Crippen molar-refractivity contribution < 1.29 is 14.6 Å². The second-order valence-corrected chi connectivity index (χ2v) is 6.85. The fraction of sp³-hybridized carbons (Fsp3) is 0.588. The Labute approximate surface area is 126 Å². The number of nitrogens with zero attached hydrogens (tertiary/aromatic N) is 1. The molecule has 2 atom stereocenters. The average Bonchev–Trinajstić information content (AvgIpc) is 2.82. The van der Waals surface area contributed by atoms with Gasteiger partial charge in [-0.1, -0.05) is 29.8 Å². The van der Waals surface area contributed by atoms with Gasteiger partial charge in [-0.3, -0.25) is 0 Å². The highest BCUT2D eigenvalue weighted by Crippen LogP contribution is 2.33. The third-order valence-corrected chi connectivity index (χ3v) is 3.83. The van der Waals surface area contributed by atoms with Crippen molar-refractivity contribution >= 4 is 6.09 Å². The Balaban J connectivity index is 2.10. The fourth-order valence-electron chi connectivity index (χ4n) is 2.72. The number of likely N-dealkylation sites (tertiary alicyclic amines) is 1. The molecule has 1 N–H and O–H groups in total. The molecule has 4 nitrogen and oxygen atoms in total. The highest BCUT2D eigenvalue weighted by atomic mass is 16.6. The summed E-state index contributed by atoms with van der Waals surface area (Å²) in [6.07, 6.45) is -0.296. The predicted molar refractivity (Wildman–Crippen MR) is 82.3 cm³/mol. The maximum Gasteiger partial charge on any atom is 0.410 e. The van der Waals surface area contributed by atoms with E-state index < -0.39 is 5.60 Å². The van der Waals surface area contributed by atoms with Crippen LogP contribution >= 0.6 is 0 Å². The Morgan fingerprint density at radius 1 is 1.29 bits per heavy atom. The van der Waals surface area contributed by atoms with Gasteiger partial charge < -0.3 is 14.7 Å². The van der Waals surface area contributed by atoms with Crippen molar-refractivity contribution in [3.8, 4) is 0 Å². The smallest absolute Gasteiger partial charge is 0.410 e. The highest BCUT2D eigenvalue weighted by Gasteiger charge is 2.37. The van der Waals surface area contributed by atoms with Crippen molar-refractivity contribution in [2.75, 3.05) is 19.7 Å². The Hall–Kier alpha value is -1.55. The van der Waals surface area contributed by atoms with E-state index in [1.165, 1.54) is 11.1 Å². The van der Waals surface area contributed by atoms with Gasteiger partial charge in [0.05, 0.1) is 0 Å². The molecule has 1 amide bonds. The first-order valence-corrected chi connectivity index (χ1v) is 7.45. The van der Waals surface area contributed by atoms with E-state index in [4.69, 9.17) is 4.74 Å². The van der Waals surface area contributed by atoms with Gasteiger partial charge in [-0.05, 0) is 33.3 Å². The van der Waals surface area contributed by atoms with E-state index in [0.29, 0.717) is 13.1 Å². The van der Waals surface area contributed by atoms with Crippen molar-refractivity contribution in [3.05, 3.63) is 35.4 Å². The summed E-state index contributed by atoms with van der Waals surface area (Å²) in [5.41, 5.74) is 1.89. The first-order chi connectivity index (χ1) is 9.80. The molecule has 0 saturated carbocycles. The molecule has 0 radical (unpaired) electrons. The minimum atomic E-state index is -0.492. The van der Waals surface area contributed by atoms with Gasteiger partial charge in [0.15, 0.2) is 0 Å². The molecule has 0 bridgehead atoms. The lowest BCUT2D eigenvalue weighted by Gasteiger charge is -2.24. The first kappa shape index (κ1) is 15.8. The van der Waals surface area contributed by atoms with Crippen LogP contribution in [0.1, 0.15) is 37.8 Å². The number of rotatable bonds is 2.